The van der Waals surface area contributed by atoms with Crippen molar-refractivity contribution in [3.8, 4) is 0 Å². The van der Waals surface area contributed by atoms with Gasteiger partial charge in [-0.15, -0.1) is 24.0 Å². The van der Waals surface area contributed by atoms with Crippen molar-refractivity contribution in [2.45, 2.75) is 51.1 Å². The SMILES string of the molecule is CC1(C)CN(C(=NCc2ccc(S(N)(=O)=O)cc2)NCCc2ccco2)C1(C)C.I. The summed E-state index contributed by atoms with van der Waals surface area (Å²) in [6.45, 7) is 11.0. The maximum Gasteiger partial charge on any atom is 0.238 e. The van der Waals surface area contributed by atoms with E-state index in [0.29, 0.717) is 13.1 Å². The molecule has 9 heteroatoms. The summed E-state index contributed by atoms with van der Waals surface area (Å²) in [7, 11) is -3.69. The summed E-state index contributed by atoms with van der Waals surface area (Å²) in [6, 6.07) is 10.4. The van der Waals surface area contributed by atoms with Gasteiger partial charge in [-0.05, 0) is 43.7 Å². The Hall–Kier alpha value is -1.59. The van der Waals surface area contributed by atoms with Crippen molar-refractivity contribution < 1.29 is 12.8 Å². The van der Waals surface area contributed by atoms with Crippen LogP contribution in [0.4, 0.5) is 0 Å². The fraction of sp³-hybridized carbons (Fsp3) is 0.476. The normalized spacial score (nSPS) is 17.8. The van der Waals surface area contributed by atoms with E-state index in [9.17, 15) is 8.42 Å². The molecule has 0 unspecified atom stereocenters. The fourth-order valence-electron chi connectivity index (χ4n) is 3.34. The highest BCUT2D eigenvalue weighted by molar-refractivity contribution is 14.0. The largest absolute Gasteiger partial charge is 0.469 e. The van der Waals surface area contributed by atoms with Gasteiger partial charge >= 0.3 is 0 Å². The Morgan fingerprint density at radius 3 is 2.37 bits per heavy atom. The van der Waals surface area contributed by atoms with Crippen LogP contribution in [0.2, 0.25) is 0 Å². The van der Waals surface area contributed by atoms with Crippen LogP contribution in [0.15, 0.2) is 57.0 Å². The average Bonchev–Trinajstić information content (AvgIpc) is 3.16. The first-order valence-electron chi connectivity index (χ1n) is 9.71. The molecule has 0 atom stereocenters. The van der Waals surface area contributed by atoms with Crippen LogP contribution >= 0.6 is 24.0 Å². The lowest BCUT2D eigenvalue weighted by Crippen LogP contribution is -2.72. The summed E-state index contributed by atoms with van der Waals surface area (Å²) in [5.74, 6) is 1.77. The molecule has 1 aliphatic heterocycles. The number of hydrogen-bond acceptors (Lipinski definition) is 4. The number of benzene rings is 1. The Balaban J connectivity index is 0.00000320. The number of halogens is 1. The minimum Gasteiger partial charge on any atom is -0.469 e. The standard InChI is InChI=1S/C21H30N4O3S.HI/c1-20(2)15-25(21(20,3)4)19(23-12-11-17-6-5-13-28-17)24-14-16-7-9-18(10-8-16)29(22,26)27;/h5-10,13H,11-12,14-15H2,1-4H3,(H,23,24)(H2,22,26,27);1H. The summed E-state index contributed by atoms with van der Waals surface area (Å²) in [4.78, 5) is 7.20. The maximum atomic E-state index is 11.4. The topological polar surface area (TPSA) is 101 Å². The molecule has 166 valence electrons. The van der Waals surface area contributed by atoms with Crippen LogP contribution in [0, 0.1) is 5.41 Å². The van der Waals surface area contributed by atoms with Crippen LogP contribution < -0.4 is 10.5 Å². The third-order valence-electron chi connectivity index (χ3n) is 6.04. The van der Waals surface area contributed by atoms with Gasteiger partial charge in [0.15, 0.2) is 5.96 Å². The van der Waals surface area contributed by atoms with Crippen LogP contribution in [0.1, 0.15) is 39.0 Å². The van der Waals surface area contributed by atoms with E-state index in [1.165, 1.54) is 12.1 Å². The van der Waals surface area contributed by atoms with Gasteiger partial charge in [-0.25, -0.2) is 18.5 Å². The van der Waals surface area contributed by atoms with E-state index in [-0.39, 0.29) is 39.8 Å². The van der Waals surface area contributed by atoms with Gasteiger partial charge in [-0.1, -0.05) is 26.0 Å². The number of sulfonamides is 1. The van der Waals surface area contributed by atoms with Crippen molar-refractivity contribution in [2.24, 2.45) is 15.5 Å². The predicted octanol–water partition coefficient (Wildman–Crippen LogP) is 3.35. The minimum atomic E-state index is -3.69. The van der Waals surface area contributed by atoms with Crippen LogP contribution in [-0.4, -0.2) is 37.9 Å². The van der Waals surface area contributed by atoms with Crippen LogP contribution in [0.25, 0.3) is 0 Å². The van der Waals surface area contributed by atoms with Crippen molar-refractivity contribution >= 4 is 40.0 Å². The lowest BCUT2D eigenvalue weighted by molar-refractivity contribution is -0.0668. The lowest BCUT2D eigenvalue weighted by Gasteiger charge is -2.62. The molecule has 1 saturated heterocycles. The Bertz CT molecular complexity index is 968. The van der Waals surface area contributed by atoms with E-state index in [2.05, 4.69) is 37.9 Å². The quantitative estimate of drug-likeness (QED) is 0.329. The summed E-state index contributed by atoms with van der Waals surface area (Å²) >= 11 is 0. The Kier molecular flexibility index (Phi) is 7.63. The van der Waals surface area contributed by atoms with E-state index < -0.39 is 10.0 Å². The number of guanidine groups is 1. The first-order valence-corrected chi connectivity index (χ1v) is 11.3. The highest BCUT2D eigenvalue weighted by Crippen LogP contribution is 2.46. The molecule has 1 aliphatic rings. The zero-order valence-corrected chi connectivity index (χ0v) is 21.0. The van der Waals surface area contributed by atoms with Gasteiger partial charge in [-0.2, -0.15) is 0 Å². The molecule has 3 rings (SSSR count). The molecular formula is C21H31IN4O3S. The third-order valence-corrected chi connectivity index (χ3v) is 6.97. The molecule has 0 radical (unpaired) electrons. The number of aliphatic imine (C=N–C) groups is 1. The van der Waals surface area contributed by atoms with E-state index in [1.807, 2.05) is 12.1 Å². The molecule has 7 nitrogen and oxygen atoms in total. The zero-order valence-electron chi connectivity index (χ0n) is 17.9. The zero-order chi connectivity index (χ0) is 21.3. The molecule has 1 aromatic heterocycles. The molecule has 2 aromatic rings. The predicted molar refractivity (Wildman–Crippen MR) is 129 cm³/mol. The van der Waals surface area contributed by atoms with Crippen LogP contribution in [0.5, 0.6) is 0 Å². The first kappa shape index (κ1) is 24.7. The second-order valence-corrected chi connectivity index (χ2v) is 10.2. The second kappa shape index (κ2) is 9.27. The number of rotatable bonds is 6. The fourth-order valence-corrected chi connectivity index (χ4v) is 3.86. The highest BCUT2D eigenvalue weighted by Gasteiger charge is 2.53. The first-order chi connectivity index (χ1) is 13.5. The molecule has 0 saturated carbocycles. The molecule has 30 heavy (non-hydrogen) atoms. The molecule has 1 fully saturated rings. The highest BCUT2D eigenvalue weighted by atomic mass is 127. The molecule has 0 amide bonds. The van der Waals surface area contributed by atoms with Crippen molar-refractivity contribution in [2.75, 3.05) is 13.1 Å². The van der Waals surface area contributed by atoms with Gasteiger partial charge in [0, 0.05) is 30.5 Å². The van der Waals surface area contributed by atoms with Gasteiger partial charge in [0.25, 0.3) is 0 Å². The summed E-state index contributed by atoms with van der Waals surface area (Å²) in [5.41, 5.74) is 1.08. The molecule has 2 heterocycles. The Morgan fingerprint density at radius 1 is 1.20 bits per heavy atom. The average molecular weight is 546 g/mol. The smallest absolute Gasteiger partial charge is 0.238 e. The molecular weight excluding hydrogens is 515 g/mol. The van der Waals surface area contributed by atoms with Gasteiger partial charge in [-0.3, -0.25) is 0 Å². The van der Waals surface area contributed by atoms with E-state index in [1.54, 1.807) is 18.4 Å². The molecule has 3 N–H and O–H groups in total. The number of likely N-dealkylation sites (tertiary alicyclic amines) is 1. The summed E-state index contributed by atoms with van der Waals surface area (Å²) in [5, 5.41) is 8.62. The van der Waals surface area contributed by atoms with Gasteiger partial charge in [0.05, 0.1) is 17.7 Å². The Labute approximate surface area is 196 Å². The van der Waals surface area contributed by atoms with Gasteiger partial charge in [0.2, 0.25) is 10.0 Å². The monoisotopic (exact) mass is 546 g/mol. The summed E-state index contributed by atoms with van der Waals surface area (Å²) in [6.07, 6.45) is 2.45. The van der Waals surface area contributed by atoms with Gasteiger partial charge < -0.3 is 14.6 Å². The van der Waals surface area contributed by atoms with Crippen molar-refractivity contribution in [1.29, 1.82) is 0 Å². The molecule has 1 aromatic carbocycles. The lowest BCUT2D eigenvalue weighted by atomic mass is 9.65. The number of hydrogen-bond donors (Lipinski definition) is 2. The minimum absolute atomic E-state index is 0. The van der Waals surface area contributed by atoms with E-state index in [0.717, 1.165) is 30.2 Å². The Morgan fingerprint density at radius 2 is 1.87 bits per heavy atom. The molecule has 0 aliphatic carbocycles. The van der Waals surface area contributed by atoms with Crippen LogP contribution in [0.3, 0.4) is 0 Å². The van der Waals surface area contributed by atoms with E-state index >= 15 is 0 Å². The van der Waals surface area contributed by atoms with Crippen molar-refractivity contribution in [1.82, 2.24) is 10.2 Å². The maximum absolute atomic E-state index is 11.4. The van der Waals surface area contributed by atoms with Crippen molar-refractivity contribution in [3.05, 3.63) is 54.0 Å². The summed E-state index contributed by atoms with van der Waals surface area (Å²) < 4.78 is 28.2. The third kappa shape index (κ3) is 5.36. The number of nitrogens with two attached hydrogens (primary N) is 1. The number of furan rings is 1. The van der Waals surface area contributed by atoms with E-state index in [4.69, 9.17) is 14.5 Å². The van der Waals surface area contributed by atoms with Gasteiger partial charge in [0.1, 0.15) is 5.76 Å². The second-order valence-electron chi connectivity index (χ2n) is 8.61. The number of nitrogens with one attached hydrogen (secondary N) is 1. The number of primary sulfonamides is 1. The molecule has 0 spiro atoms. The van der Waals surface area contributed by atoms with Crippen molar-refractivity contribution in [3.63, 3.8) is 0 Å². The van der Waals surface area contributed by atoms with Crippen LogP contribution in [-0.2, 0) is 23.0 Å². The number of nitrogens with zero attached hydrogens (tertiary/aromatic N) is 2. The molecule has 0 bridgehead atoms.